The van der Waals surface area contributed by atoms with Crippen molar-refractivity contribution >= 4 is 0 Å². The number of nitrogens with one attached hydrogen (secondary N) is 1. The van der Waals surface area contributed by atoms with Crippen LogP contribution in [0.25, 0.3) is 0 Å². The normalized spacial score (nSPS) is 23.6. The summed E-state index contributed by atoms with van der Waals surface area (Å²) in [5.41, 5.74) is 0.910. The molecule has 0 aliphatic carbocycles. The highest BCUT2D eigenvalue weighted by Crippen LogP contribution is 2.30. The van der Waals surface area contributed by atoms with E-state index in [0.717, 1.165) is 24.3 Å². The zero-order valence-electron chi connectivity index (χ0n) is 10.4. The summed E-state index contributed by atoms with van der Waals surface area (Å²) in [6, 6.07) is 7.98. The molecule has 0 fully saturated rings. The average Bonchev–Trinajstić information content (AvgIpc) is 2.50. The molecule has 0 saturated heterocycles. The van der Waals surface area contributed by atoms with Crippen LogP contribution in [0, 0.1) is 0 Å². The molecule has 0 amide bonds. The quantitative estimate of drug-likeness (QED) is 0.787. The molecule has 0 radical (unpaired) electrons. The first-order valence-corrected chi connectivity index (χ1v) is 6.44. The number of rotatable bonds is 4. The Morgan fingerprint density at radius 2 is 2.24 bits per heavy atom. The van der Waals surface area contributed by atoms with Crippen molar-refractivity contribution < 1.29 is 9.84 Å². The van der Waals surface area contributed by atoms with Gasteiger partial charge in [0.25, 0.3) is 0 Å². The van der Waals surface area contributed by atoms with Gasteiger partial charge in [-0.15, -0.1) is 0 Å². The van der Waals surface area contributed by atoms with E-state index in [1.165, 1.54) is 12.8 Å². The van der Waals surface area contributed by atoms with Crippen LogP contribution in [0.4, 0.5) is 0 Å². The summed E-state index contributed by atoms with van der Waals surface area (Å²) in [7, 11) is 0. The van der Waals surface area contributed by atoms with Gasteiger partial charge in [-0.3, -0.25) is 0 Å². The lowest BCUT2D eigenvalue weighted by atomic mass is 10.0. The number of fused-ring (bicyclic) bond motifs is 1. The minimum Gasteiger partial charge on any atom is -0.492 e. The van der Waals surface area contributed by atoms with E-state index in [2.05, 4.69) is 12.2 Å². The fraction of sp³-hybridized carbons (Fsp3) is 0.571. The van der Waals surface area contributed by atoms with Crippen molar-refractivity contribution in [3.8, 4) is 5.75 Å². The van der Waals surface area contributed by atoms with Gasteiger partial charge in [-0.25, -0.2) is 0 Å². The molecule has 0 spiro atoms. The van der Waals surface area contributed by atoms with E-state index in [1.807, 2.05) is 24.3 Å². The largest absolute Gasteiger partial charge is 0.492 e. The number of hydrogen-bond donors (Lipinski definition) is 2. The SMILES string of the molecule is CCCCN[C@@H]1COc2ccccc2[C@H](O)C1. The zero-order valence-corrected chi connectivity index (χ0v) is 10.4. The molecule has 0 saturated carbocycles. The molecule has 1 heterocycles. The van der Waals surface area contributed by atoms with Crippen LogP contribution in [-0.2, 0) is 0 Å². The van der Waals surface area contributed by atoms with Crippen molar-refractivity contribution in [1.82, 2.24) is 5.32 Å². The van der Waals surface area contributed by atoms with Gasteiger partial charge in [0.15, 0.2) is 0 Å². The number of hydrogen-bond acceptors (Lipinski definition) is 3. The highest BCUT2D eigenvalue weighted by atomic mass is 16.5. The summed E-state index contributed by atoms with van der Waals surface area (Å²) in [5, 5.41) is 13.6. The van der Waals surface area contributed by atoms with Gasteiger partial charge < -0.3 is 15.2 Å². The minimum atomic E-state index is -0.423. The van der Waals surface area contributed by atoms with E-state index >= 15 is 0 Å². The molecule has 0 aromatic heterocycles. The molecule has 2 N–H and O–H groups in total. The van der Waals surface area contributed by atoms with E-state index in [1.54, 1.807) is 0 Å². The average molecular weight is 235 g/mol. The van der Waals surface area contributed by atoms with Crippen molar-refractivity contribution in [2.75, 3.05) is 13.2 Å². The Morgan fingerprint density at radius 3 is 3.06 bits per heavy atom. The Balaban J connectivity index is 1.97. The molecule has 1 aromatic carbocycles. The highest BCUT2D eigenvalue weighted by molar-refractivity contribution is 5.35. The molecule has 0 bridgehead atoms. The van der Waals surface area contributed by atoms with E-state index in [4.69, 9.17) is 4.74 Å². The molecule has 3 nitrogen and oxygen atoms in total. The molecular weight excluding hydrogens is 214 g/mol. The van der Waals surface area contributed by atoms with Crippen LogP contribution in [0.15, 0.2) is 24.3 Å². The second-order valence-electron chi connectivity index (χ2n) is 4.60. The molecular formula is C14H21NO2. The molecule has 2 atom stereocenters. The summed E-state index contributed by atoms with van der Waals surface area (Å²) in [6.07, 6.45) is 2.65. The Morgan fingerprint density at radius 1 is 1.41 bits per heavy atom. The molecule has 3 heteroatoms. The predicted octanol–water partition coefficient (Wildman–Crippen LogP) is 2.26. The number of ether oxygens (including phenoxy) is 1. The number of aliphatic hydroxyl groups excluding tert-OH is 1. The molecule has 1 aromatic rings. The monoisotopic (exact) mass is 235 g/mol. The number of benzene rings is 1. The van der Waals surface area contributed by atoms with Crippen LogP contribution < -0.4 is 10.1 Å². The van der Waals surface area contributed by atoms with Crippen LogP contribution in [0.2, 0.25) is 0 Å². The Hall–Kier alpha value is -1.06. The first kappa shape index (κ1) is 12.4. The van der Waals surface area contributed by atoms with Crippen LogP contribution in [0.1, 0.15) is 37.9 Å². The molecule has 1 aliphatic heterocycles. The van der Waals surface area contributed by atoms with E-state index in [0.29, 0.717) is 6.61 Å². The third kappa shape index (κ3) is 3.20. The maximum Gasteiger partial charge on any atom is 0.125 e. The van der Waals surface area contributed by atoms with E-state index in [9.17, 15) is 5.11 Å². The third-order valence-corrected chi connectivity index (χ3v) is 3.19. The lowest BCUT2D eigenvalue weighted by Crippen LogP contribution is -2.35. The Labute approximate surface area is 103 Å². The summed E-state index contributed by atoms with van der Waals surface area (Å²) in [6.45, 7) is 3.81. The van der Waals surface area contributed by atoms with E-state index in [-0.39, 0.29) is 6.04 Å². The predicted molar refractivity (Wildman–Crippen MR) is 68.2 cm³/mol. The van der Waals surface area contributed by atoms with Gasteiger partial charge >= 0.3 is 0 Å². The number of para-hydroxylation sites is 1. The van der Waals surface area contributed by atoms with Gasteiger partial charge in [0, 0.05) is 11.6 Å². The minimum absolute atomic E-state index is 0.240. The van der Waals surface area contributed by atoms with Gasteiger partial charge in [0.2, 0.25) is 0 Å². The van der Waals surface area contributed by atoms with Crippen molar-refractivity contribution in [3.63, 3.8) is 0 Å². The van der Waals surface area contributed by atoms with Crippen molar-refractivity contribution in [1.29, 1.82) is 0 Å². The summed E-state index contributed by atoms with van der Waals surface area (Å²) >= 11 is 0. The van der Waals surface area contributed by atoms with Crippen LogP contribution in [0.5, 0.6) is 5.75 Å². The van der Waals surface area contributed by atoms with Gasteiger partial charge in [-0.1, -0.05) is 31.5 Å². The fourth-order valence-corrected chi connectivity index (χ4v) is 2.17. The molecule has 1 aliphatic rings. The molecule has 17 heavy (non-hydrogen) atoms. The highest BCUT2D eigenvalue weighted by Gasteiger charge is 2.23. The number of aliphatic hydroxyl groups is 1. The Bertz CT molecular complexity index is 354. The van der Waals surface area contributed by atoms with Crippen LogP contribution in [0.3, 0.4) is 0 Å². The second-order valence-corrected chi connectivity index (χ2v) is 4.60. The molecule has 2 rings (SSSR count). The van der Waals surface area contributed by atoms with Gasteiger partial charge in [0.1, 0.15) is 12.4 Å². The lowest BCUT2D eigenvalue weighted by molar-refractivity contribution is 0.151. The fourth-order valence-electron chi connectivity index (χ4n) is 2.17. The summed E-state index contributed by atoms with van der Waals surface area (Å²) in [5.74, 6) is 0.819. The van der Waals surface area contributed by atoms with Gasteiger partial charge in [-0.2, -0.15) is 0 Å². The standard InChI is InChI=1S/C14H21NO2/c1-2-3-8-15-11-9-13(16)12-6-4-5-7-14(12)17-10-11/h4-7,11,13,15-16H,2-3,8-10H2,1H3/t11-,13+/m0/s1. The number of unbranched alkanes of at least 4 members (excludes halogenated alkanes) is 1. The maximum absolute atomic E-state index is 10.1. The lowest BCUT2D eigenvalue weighted by Gasteiger charge is -2.17. The van der Waals surface area contributed by atoms with Gasteiger partial charge in [0.05, 0.1) is 6.10 Å². The van der Waals surface area contributed by atoms with Crippen molar-refractivity contribution in [3.05, 3.63) is 29.8 Å². The second kappa shape index (κ2) is 6.03. The van der Waals surface area contributed by atoms with Crippen LogP contribution in [-0.4, -0.2) is 24.3 Å². The van der Waals surface area contributed by atoms with E-state index < -0.39 is 6.10 Å². The van der Waals surface area contributed by atoms with Crippen molar-refractivity contribution in [2.45, 2.75) is 38.3 Å². The topological polar surface area (TPSA) is 41.5 Å². The summed E-state index contributed by atoms with van der Waals surface area (Å²) in [4.78, 5) is 0. The zero-order chi connectivity index (χ0) is 12.1. The van der Waals surface area contributed by atoms with Gasteiger partial charge in [-0.05, 0) is 25.5 Å². The maximum atomic E-state index is 10.1. The summed E-state index contributed by atoms with van der Waals surface area (Å²) < 4.78 is 5.74. The first-order valence-electron chi connectivity index (χ1n) is 6.44. The smallest absolute Gasteiger partial charge is 0.125 e. The first-order chi connectivity index (χ1) is 8.31. The molecule has 94 valence electrons. The van der Waals surface area contributed by atoms with Crippen molar-refractivity contribution in [2.24, 2.45) is 0 Å². The Kier molecular flexibility index (Phi) is 4.40. The third-order valence-electron chi connectivity index (χ3n) is 3.19. The molecule has 0 unspecified atom stereocenters. The van der Waals surface area contributed by atoms with Crippen LogP contribution >= 0.6 is 0 Å².